The zero-order valence-corrected chi connectivity index (χ0v) is 16.0. The van der Waals surface area contributed by atoms with E-state index in [9.17, 15) is 19.4 Å². The normalized spacial score (nSPS) is 20.7. The van der Waals surface area contributed by atoms with Crippen LogP contribution in [-0.4, -0.2) is 34.4 Å². The van der Waals surface area contributed by atoms with Crippen molar-refractivity contribution in [3.05, 3.63) is 71.0 Å². The van der Waals surface area contributed by atoms with E-state index in [2.05, 4.69) is 0 Å². The van der Waals surface area contributed by atoms with Crippen LogP contribution in [0.15, 0.2) is 48.5 Å². The highest BCUT2D eigenvalue weighted by Gasteiger charge is 2.43. The molecule has 1 aliphatic heterocycles. The fourth-order valence-corrected chi connectivity index (χ4v) is 3.74. The number of aliphatic hydroxyl groups excluding tert-OH is 2. The molecule has 3 rings (SSSR count). The smallest absolute Gasteiger partial charge is 0.411 e. The molecule has 0 aromatic heterocycles. The summed E-state index contributed by atoms with van der Waals surface area (Å²) in [7, 11) is 0. The maximum atomic E-state index is 13.3. The Hall–Kier alpha value is -2.44. The SMILES string of the molecule is C[C@@H](c1ccc(CO)cc1)N1CC[C@](CCCO)(c2ccc(F)cc2)OC1=O. The molecule has 1 saturated heterocycles. The number of nitrogens with zero attached hydrogens (tertiary/aromatic N) is 1. The first-order valence-electron chi connectivity index (χ1n) is 9.55. The van der Waals surface area contributed by atoms with Gasteiger partial charge in [0.25, 0.3) is 0 Å². The third kappa shape index (κ3) is 4.18. The van der Waals surface area contributed by atoms with Crippen molar-refractivity contribution < 1.29 is 24.1 Å². The summed E-state index contributed by atoms with van der Waals surface area (Å²) < 4.78 is 19.3. The van der Waals surface area contributed by atoms with Crippen LogP contribution in [0, 0.1) is 5.82 Å². The zero-order valence-electron chi connectivity index (χ0n) is 16.0. The van der Waals surface area contributed by atoms with E-state index in [0.717, 1.165) is 16.7 Å². The maximum Gasteiger partial charge on any atom is 0.411 e. The number of benzene rings is 2. The van der Waals surface area contributed by atoms with E-state index >= 15 is 0 Å². The summed E-state index contributed by atoms with van der Waals surface area (Å²) in [4.78, 5) is 14.6. The molecular formula is C22H26FNO4. The first-order valence-corrected chi connectivity index (χ1v) is 9.55. The highest BCUT2D eigenvalue weighted by Crippen LogP contribution is 2.40. The van der Waals surface area contributed by atoms with Crippen molar-refractivity contribution in [2.75, 3.05) is 13.2 Å². The van der Waals surface area contributed by atoms with Gasteiger partial charge in [-0.3, -0.25) is 0 Å². The molecule has 1 heterocycles. The van der Waals surface area contributed by atoms with Crippen LogP contribution in [0.4, 0.5) is 9.18 Å². The van der Waals surface area contributed by atoms with Gasteiger partial charge in [0.05, 0.1) is 12.6 Å². The summed E-state index contributed by atoms with van der Waals surface area (Å²) in [6, 6.07) is 13.3. The van der Waals surface area contributed by atoms with Crippen molar-refractivity contribution in [1.29, 1.82) is 0 Å². The number of halogens is 1. The van der Waals surface area contributed by atoms with Crippen molar-refractivity contribution >= 4 is 6.09 Å². The van der Waals surface area contributed by atoms with Gasteiger partial charge in [0, 0.05) is 19.6 Å². The Labute approximate surface area is 164 Å². The fraction of sp³-hybridized carbons (Fsp3) is 0.409. The molecule has 2 aromatic carbocycles. The van der Waals surface area contributed by atoms with E-state index in [0.29, 0.717) is 25.8 Å². The number of carbonyl (C=O) groups excluding carboxylic acids is 1. The Kier molecular flexibility index (Phi) is 6.31. The molecule has 150 valence electrons. The molecule has 5 nitrogen and oxygen atoms in total. The van der Waals surface area contributed by atoms with Gasteiger partial charge in [-0.1, -0.05) is 36.4 Å². The van der Waals surface area contributed by atoms with Crippen LogP contribution in [-0.2, 0) is 16.9 Å². The Morgan fingerprint density at radius 3 is 2.39 bits per heavy atom. The Balaban J connectivity index is 1.80. The minimum absolute atomic E-state index is 0.00216. The molecule has 0 unspecified atom stereocenters. The average molecular weight is 387 g/mol. The lowest BCUT2D eigenvalue weighted by molar-refractivity contribution is -0.0680. The second kappa shape index (κ2) is 8.71. The van der Waals surface area contributed by atoms with Gasteiger partial charge >= 0.3 is 6.09 Å². The molecule has 1 fully saturated rings. The van der Waals surface area contributed by atoms with E-state index in [1.54, 1.807) is 17.0 Å². The molecule has 1 aliphatic rings. The predicted octanol–water partition coefficient (Wildman–Crippen LogP) is 3.89. The second-order valence-corrected chi connectivity index (χ2v) is 7.22. The molecule has 28 heavy (non-hydrogen) atoms. The molecule has 2 aromatic rings. The third-order valence-corrected chi connectivity index (χ3v) is 5.49. The van der Waals surface area contributed by atoms with Gasteiger partial charge in [0.1, 0.15) is 11.4 Å². The fourth-order valence-electron chi connectivity index (χ4n) is 3.74. The number of hydrogen-bond acceptors (Lipinski definition) is 4. The van der Waals surface area contributed by atoms with Gasteiger partial charge in [-0.15, -0.1) is 0 Å². The van der Waals surface area contributed by atoms with Crippen molar-refractivity contribution in [2.24, 2.45) is 0 Å². The van der Waals surface area contributed by atoms with Crippen LogP contribution in [0.3, 0.4) is 0 Å². The van der Waals surface area contributed by atoms with Gasteiger partial charge in [0.2, 0.25) is 0 Å². The Bertz CT molecular complexity index is 793. The molecule has 0 bridgehead atoms. The summed E-state index contributed by atoms with van der Waals surface area (Å²) in [5.41, 5.74) is 1.66. The molecule has 0 radical (unpaired) electrons. The van der Waals surface area contributed by atoms with Crippen LogP contribution in [0.5, 0.6) is 0 Å². The summed E-state index contributed by atoms with van der Waals surface area (Å²) in [6.45, 7) is 2.40. The van der Waals surface area contributed by atoms with Gasteiger partial charge < -0.3 is 19.8 Å². The Morgan fingerprint density at radius 1 is 1.14 bits per heavy atom. The van der Waals surface area contributed by atoms with Crippen LogP contribution in [0.2, 0.25) is 0 Å². The number of aliphatic hydroxyl groups is 2. The zero-order chi connectivity index (χ0) is 20.1. The molecule has 0 spiro atoms. The standard InChI is InChI=1S/C22H26FNO4/c1-16(18-5-3-17(15-26)4-6-18)24-13-12-22(11-2-14-25,28-21(24)27)19-7-9-20(23)10-8-19/h3-10,16,25-26H,2,11-15H2,1H3/t16-,22+/m0/s1. The predicted molar refractivity (Wildman–Crippen MR) is 103 cm³/mol. The molecular weight excluding hydrogens is 361 g/mol. The number of carbonyl (C=O) groups is 1. The molecule has 2 atom stereocenters. The summed E-state index contributed by atoms with van der Waals surface area (Å²) >= 11 is 0. The van der Waals surface area contributed by atoms with Crippen LogP contribution in [0.25, 0.3) is 0 Å². The number of rotatable bonds is 7. The minimum atomic E-state index is -0.857. The quantitative estimate of drug-likeness (QED) is 0.756. The number of amides is 1. The topological polar surface area (TPSA) is 70.0 Å². The van der Waals surface area contributed by atoms with Gasteiger partial charge in [-0.2, -0.15) is 0 Å². The van der Waals surface area contributed by atoms with Gasteiger partial charge in [-0.25, -0.2) is 9.18 Å². The third-order valence-electron chi connectivity index (χ3n) is 5.49. The second-order valence-electron chi connectivity index (χ2n) is 7.22. The van der Waals surface area contributed by atoms with Crippen LogP contribution in [0.1, 0.15) is 48.9 Å². The number of ether oxygens (including phenoxy) is 1. The minimum Gasteiger partial charge on any atom is -0.438 e. The lowest BCUT2D eigenvalue weighted by Crippen LogP contribution is -2.48. The van der Waals surface area contributed by atoms with Crippen molar-refractivity contribution in [3.8, 4) is 0 Å². The van der Waals surface area contributed by atoms with E-state index in [1.165, 1.54) is 12.1 Å². The van der Waals surface area contributed by atoms with Gasteiger partial charge in [-0.05, 0) is 48.6 Å². The first kappa shape index (κ1) is 20.3. The van der Waals surface area contributed by atoms with Crippen LogP contribution < -0.4 is 0 Å². The van der Waals surface area contributed by atoms with E-state index in [1.807, 2.05) is 31.2 Å². The lowest BCUT2D eigenvalue weighted by atomic mass is 9.84. The number of cyclic esters (lactones) is 1. The monoisotopic (exact) mass is 387 g/mol. The largest absolute Gasteiger partial charge is 0.438 e. The lowest BCUT2D eigenvalue weighted by Gasteiger charge is -2.43. The van der Waals surface area contributed by atoms with E-state index in [4.69, 9.17) is 4.74 Å². The molecule has 6 heteroatoms. The summed E-state index contributed by atoms with van der Waals surface area (Å²) in [6.07, 6.45) is 1.10. The van der Waals surface area contributed by atoms with Gasteiger partial charge in [0.15, 0.2) is 0 Å². The van der Waals surface area contributed by atoms with Crippen molar-refractivity contribution in [1.82, 2.24) is 4.90 Å². The van der Waals surface area contributed by atoms with E-state index < -0.39 is 11.7 Å². The number of hydrogen-bond donors (Lipinski definition) is 2. The highest BCUT2D eigenvalue weighted by atomic mass is 19.1. The highest BCUT2D eigenvalue weighted by molar-refractivity contribution is 5.70. The molecule has 1 amide bonds. The summed E-state index contributed by atoms with van der Waals surface area (Å²) in [5.74, 6) is -0.343. The molecule has 0 aliphatic carbocycles. The van der Waals surface area contributed by atoms with E-state index in [-0.39, 0.29) is 25.1 Å². The average Bonchev–Trinajstić information content (AvgIpc) is 2.72. The van der Waals surface area contributed by atoms with Crippen molar-refractivity contribution in [3.63, 3.8) is 0 Å². The molecule has 2 N–H and O–H groups in total. The maximum absolute atomic E-state index is 13.3. The van der Waals surface area contributed by atoms with Crippen LogP contribution >= 0.6 is 0 Å². The molecule has 0 saturated carbocycles. The Morgan fingerprint density at radius 2 is 1.82 bits per heavy atom. The summed E-state index contributed by atoms with van der Waals surface area (Å²) in [5, 5.41) is 18.5. The van der Waals surface area contributed by atoms with Crippen molar-refractivity contribution in [2.45, 2.75) is 44.4 Å². The first-order chi connectivity index (χ1) is 13.5.